The first-order valence-electron chi connectivity index (χ1n) is 0.783. The van der Waals surface area contributed by atoms with E-state index in [1.165, 1.54) is 0 Å². The molecule has 0 aromatic heterocycles. The molecule has 0 amide bonds. The van der Waals surface area contributed by atoms with Crippen molar-refractivity contribution in [2.75, 3.05) is 0 Å². The van der Waals surface area contributed by atoms with Crippen molar-refractivity contribution >= 4 is 7.82 Å². The van der Waals surface area contributed by atoms with Gasteiger partial charge in [0.15, 0.2) is 0 Å². The van der Waals surface area contributed by atoms with E-state index in [1.54, 1.807) is 0 Å². The summed E-state index contributed by atoms with van der Waals surface area (Å²) in [6.45, 7) is 0. The van der Waals surface area contributed by atoms with Gasteiger partial charge in [-0.15, -0.1) is 0 Å². The molecule has 0 aliphatic heterocycles. The Morgan fingerprint density at radius 1 is 1.14 bits per heavy atom. The van der Waals surface area contributed by atoms with E-state index in [0.717, 1.165) is 0 Å². The van der Waals surface area contributed by atoms with E-state index in [-0.39, 0.29) is 39.4 Å². The van der Waals surface area contributed by atoms with Crippen LogP contribution in [-0.2, 0) is 44.0 Å². The standard InChI is InChI=1S/Ag.Mn.H3O4P/c;;1-5(2,3)4/h;;(H3,1,2,3,4). The molecule has 4 nitrogen and oxygen atoms in total. The van der Waals surface area contributed by atoms with E-state index in [4.69, 9.17) is 19.2 Å². The van der Waals surface area contributed by atoms with Gasteiger partial charge in [0.25, 0.3) is 0 Å². The average Bonchev–Trinajstić information content (AvgIpc) is 0.722. The van der Waals surface area contributed by atoms with Gasteiger partial charge in [-0.1, -0.05) is 0 Å². The molecule has 0 bridgehead atoms. The molecule has 0 heterocycles. The third-order valence-corrected chi connectivity index (χ3v) is 0. The molecule has 0 aromatic carbocycles. The zero-order valence-corrected chi connectivity index (χ0v) is 6.43. The van der Waals surface area contributed by atoms with Crippen LogP contribution in [0, 0.1) is 0 Å². The van der Waals surface area contributed by atoms with Gasteiger partial charge in [0, 0.05) is 39.4 Å². The average molecular weight is 261 g/mol. The van der Waals surface area contributed by atoms with E-state index in [2.05, 4.69) is 0 Å². The van der Waals surface area contributed by atoms with Crippen LogP contribution in [0.2, 0.25) is 0 Å². The molecule has 0 aromatic rings. The Labute approximate surface area is 66.5 Å². The van der Waals surface area contributed by atoms with Crippen molar-refractivity contribution in [3.63, 3.8) is 0 Å². The van der Waals surface area contributed by atoms with Crippen molar-refractivity contribution in [1.29, 1.82) is 0 Å². The van der Waals surface area contributed by atoms with Gasteiger partial charge >= 0.3 is 7.82 Å². The third-order valence-electron chi connectivity index (χ3n) is 0. The van der Waals surface area contributed by atoms with Crippen LogP contribution in [0.4, 0.5) is 0 Å². The van der Waals surface area contributed by atoms with Crippen LogP contribution in [-0.4, -0.2) is 14.7 Å². The second kappa shape index (κ2) is 5.51. The second-order valence-electron chi connectivity index (χ2n) is 0.513. The smallest absolute Gasteiger partial charge is 0.303 e. The van der Waals surface area contributed by atoms with E-state index in [9.17, 15) is 0 Å². The summed E-state index contributed by atoms with van der Waals surface area (Å²) in [6, 6.07) is 0. The summed E-state index contributed by atoms with van der Waals surface area (Å²) in [4.78, 5) is 21.6. The van der Waals surface area contributed by atoms with Gasteiger partial charge < -0.3 is 14.7 Å². The van der Waals surface area contributed by atoms with Crippen LogP contribution in [0.25, 0.3) is 0 Å². The summed E-state index contributed by atoms with van der Waals surface area (Å²) < 4.78 is 8.88. The fraction of sp³-hybridized carbons (Fsp3) is 0. The molecule has 3 N–H and O–H groups in total. The molecule has 7 heteroatoms. The minimum absolute atomic E-state index is 0. The van der Waals surface area contributed by atoms with Gasteiger partial charge in [0.2, 0.25) is 0 Å². The van der Waals surface area contributed by atoms with E-state index in [0.29, 0.717) is 0 Å². The quantitative estimate of drug-likeness (QED) is 0.388. The van der Waals surface area contributed by atoms with Crippen molar-refractivity contribution in [3.05, 3.63) is 0 Å². The molecular weight excluding hydrogens is 258 g/mol. The minimum Gasteiger partial charge on any atom is -0.303 e. The first-order chi connectivity index (χ1) is 2.00. The minimum atomic E-state index is -4.64. The van der Waals surface area contributed by atoms with Crippen molar-refractivity contribution in [2.45, 2.75) is 0 Å². The zero-order chi connectivity index (χ0) is 4.50. The van der Waals surface area contributed by atoms with E-state index < -0.39 is 7.82 Å². The molecule has 0 fully saturated rings. The van der Waals surface area contributed by atoms with Crippen molar-refractivity contribution < 1.29 is 58.7 Å². The second-order valence-corrected chi connectivity index (χ2v) is 1.54. The summed E-state index contributed by atoms with van der Waals surface area (Å²) in [5, 5.41) is 0. The van der Waals surface area contributed by atoms with Gasteiger partial charge in [-0.25, -0.2) is 4.57 Å². The Morgan fingerprint density at radius 3 is 1.14 bits per heavy atom. The molecule has 0 saturated carbocycles. The largest absolute Gasteiger partial charge is 0.466 e. The topological polar surface area (TPSA) is 77.8 Å². The van der Waals surface area contributed by atoms with Gasteiger partial charge in [-0.05, 0) is 0 Å². The van der Waals surface area contributed by atoms with Crippen molar-refractivity contribution in [3.8, 4) is 0 Å². The molecule has 0 atom stereocenters. The Balaban J connectivity index is -0.0000000800. The zero-order valence-electron chi connectivity index (χ0n) is 2.88. The van der Waals surface area contributed by atoms with Crippen LogP contribution in [0.3, 0.4) is 0 Å². The SMILES string of the molecule is O=P(O)(O)O.[Ag].[Mn]. The van der Waals surface area contributed by atoms with Gasteiger partial charge in [0.05, 0.1) is 0 Å². The van der Waals surface area contributed by atoms with E-state index >= 15 is 0 Å². The number of rotatable bonds is 0. The summed E-state index contributed by atoms with van der Waals surface area (Å²) in [5.41, 5.74) is 0. The van der Waals surface area contributed by atoms with Crippen LogP contribution < -0.4 is 0 Å². The molecule has 0 unspecified atom stereocenters. The number of phosphoric acid groups is 1. The molecule has 0 rings (SSSR count). The first kappa shape index (κ1) is 15.8. The maximum Gasteiger partial charge on any atom is 0.466 e. The number of hydrogen-bond acceptors (Lipinski definition) is 1. The molecule has 7 heavy (non-hydrogen) atoms. The predicted octanol–water partition coefficient (Wildman–Crippen LogP) is -0.934. The normalized spacial score (nSPS) is 8.43. The maximum absolute atomic E-state index is 8.88. The van der Waals surface area contributed by atoms with Crippen molar-refractivity contribution in [1.82, 2.24) is 0 Å². The van der Waals surface area contributed by atoms with Crippen molar-refractivity contribution in [2.24, 2.45) is 0 Å². The Bertz CT molecular complexity index is 57.8. The summed E-state index contributed by atoms with van der Waals surface area (Å²) >= 11 is 0. The van der Waals surface area contributed by atoms with Gasteiger partial charge in [0.1, 0.15) is 0 Å². The first-order valence-corrected chi connectivity index (χ1v) is 2.35. The summed E-state index contributed by atoms with van der Waals surface area (Å²) in [5.74, 6) is 0. The predicted molar refractivity (Wildman–Crippen MR) is 14.3 cm³/mol. The fourth-order valence-electron chi connectivity index (χ4n) is 0. The molecule has 50 valence electrons. The van der Waals surface area contributed by atoms with Crippen LogP contribution in [0.15, 0.2) is 0 Å². The molecule has 0 aliphatic carbocycles. The van der Waals surface area contributed by atoms with Gasteiger partial charge in [-0.2, -0.15) is 0 Å². The monoisotopic (exact) mass is 260 g/mol. The molecule has 2 radical (unpaired) electrons. The molecule has 0 aliphatic rings. The van der Waals surface area contributed by atoms with E-state index in [1.807, 2.05) is 0 Å². The molecule has 0 saturated heterocycles. The van der Waals surface area contributed by atoms with Crippen LogP contribution in [0.5, 0.6) is 0 Å². The summed E-state index contributed by atoms with van der Waals surface area (Å²) in [7, 11) is -4.64. The molecular formula is H3AgMnO4P. The third kappa shape index (κ3) is 113. The van der Waals surface area contributed by atoms with Gasteiger partial charge in [-0.3, -0.25) is 0 Å². The Hall–Kier alpha value is 1.37. The Kier molecular flexibility index (Phi) is 12.4. The maximum atomic E-state index is 8.88. The molecule has 0 spiro atoms. The summed E-state index contributed by atoms with van der Waals surface area (Å²) in [6.07, 6.45) is 0. The number of hydrogen-bond donors (Lipinski definition) is 3. The van der Waals surface area contributed by atoms with Crippen LogP contribution >= 0.6 is 7.82 Å². The fourth-order valence-corrected chi connectivity index (χ4v) is 0. The Morgan fingerprint density at radius 2 is 1.14 bits per heavy atom. The van der Waals surface area contributed by atoms with Crippen LogP contribution in [0.1, 0.15) is 0 Å².